The first kappa shape index (κ1) is 23.7. The van der Waals surface area contributed by atoms with Gasteiger partial charge in [-0.15, -0.1) is 0 Å². The number of rotatable bonds is 6. The number of nitrogens with two attached hydrogens (primary N) is 1. The maximum absolute atomic E-state index is 13.3. The van der Waals surface area contributed by atoms with Crippen LogP contribution in [0.4, 0.5) is 15.8 Å². The number of anilines is 2. The minimum absolute atomic E-state index is 0.321. The maximum atomic E-state index is 13.3. The highest BCUT2D eigenvalue weighted by molar-refractivity contribution is 6.20. The summed E-state index contributed by atoms with van der Waals surface area (Å²) in [7, 11) is 0. The van der Waals surface area contributed by atoms with Crippen LogP contribution in [0.25, 0.3) is 32.9 Å². The highest BCUT2D eigenvalue weighted by Crippen LogP contribution is 2.40. The molecule has 0 aliphatic heterocycles. The van der Waals surface area contributed by atoms with Gasteiger partial charge in [-0.1, -0.05) is 24.3 Å². The lowest BCUT2D eigenvalue weighted by Gasteiger charge is -2.27. The molecule has 1 aliphatic rings. The molecule has 0 spiro atoms. The van der Waals surface area contributed by atoms with E-state index in [0.717, 1.165) is 38.7 Å². The third kappa shape index (κ3) is 4.16. The summed E-state index contributed by atoms with van der Waals surface area (Å²) in [6.45, 7) is 1.94. The first-order valence-corrected chi connectivity index (χ1v) is 12.7. The summed E-state index contributed by atoms with van der Waals surface area (Å²) in [6, 6.07) is 21.5. The van der Waals surface area contributed by atoms with Gasteiger partial charge < -0.3 is 21.4 Å². The molecule has 1 heterocycles. The minimum atomic E-state index is -0.502. The van der Waals surface area contributed by atoms with Gasteiger partial charge in [-0.2, -0.15) is 0 Å². The molecular formula is C31H27FN4O2. The molecule has 38 heavy (non-hydrogen) atoms. The van der Waals surface area contributed by atoms with Gasteiger partial charge in [0.2, 0.25) is 0 Å². The van der Waals surface area contributed by atoms with Crippen molar-refractivity contribution in [2.45, 2.75) is 32.2 Å². The zero-order valence-corrected chi connectivity index (χ0v) is 20.9. The van der Waals surface area contributed by atoms with Gasteiger partial charge in [0.25, 0.3) is 11.8 Å². The second kappa shape index (κ2) is 9.34. The molecule has 0 radical (unpaired) electrons. The fraction of sp³-hybridized carbons (Fsp3) is 0.161. The molecule has 1 fully saturated rings. The summed E-state index contributed by atoms with van der Waals surface area (Å²) in [4.78, 5) is 28.6. The van der Waals surface area contributed by atoms with Crippen LogP contribution in [0.1, 0.15) is 45.5 Å². The van der Waals surface area contributed by atoms with Crippen molar-refractivity contribution < 1.29 is 14.0 Å². The van der Waals surface area contributed by atoms with Crippen LogP contribution in [0.3, 0.4) is 0 Å². The van der Waals surface area contributed by atoms with Crippen LogP contribution in [-0.2, 0) is 0 Å². The molecule has 6 nitrogen and oxygen atoms in total. The summed E-state index contributed by atoms with van der Waals surface area (Å²) in [5.74, 6) is -1.22. The summed E-state index contributed by atoms with van der Waals surface area (Å²) >= 11 is 0. The van der Waals surface area contributed by atoms with Crippen molar-refractivity contribution in [2.75, 3.05) is 10.6 Å². The molecule has 1 saturated carbocycles. The van der Waals surface area contributed by atoms with Crippen molar-refractivity contribution in [1.29, 1.82) is 0 Å². The fourth-order valence-corrected chi connectivity index (χ4v) is 5.18. The van der Waals surface area contributed by atoms with E-state index in [1.54, 1.807) is 6.07 Å². The van der Waals surface area contributed by atoms with Crippen molar-refractivity contribution in [3.8, 4) is 11.1 Å². The number of primary amides is 1. The summed E-state index contributed by atoms with van der Waals surface area (Å²) in [5, 5.41) is 8.41. The molecule has 7 heteroatoms. The van der Waals surface area contributed by atoms with Gasteiger partial charge >= 0.3 is 0 Å². The molecular weight excluding hydrogens is 479 g/mol. The van der Waals surface area contributed by atoms with Crippen LogP contribution in [-0.4, -0.2) is 22.8 Å². The third-order valence-corrected chi connectivity index (χ3v) is 7.47. The third-order valence-electron chi connectivity index (χ3n) is 7.47. The average molecular weight is 507 g/mol. The number of aromatic nitrogens is 1. The number of fused-ring (bicyclic) bond motifs is 3. The number of hydrogen-bond donors (Lipinski definition) is 4. The Labute approximate surface area is 219 Å². The maximum Gasteiger partial charge on any atom is 0.255 e. The minimum Gasteiger partial charge on any atom is -0.382 e. The Bertz CT molecular complexity index is 1720. The SMILES string of the molecule is Cc1c(NC(=O)c2ccc(F)cc2)cccc1-c1ccc(C(N)=O)c2[nH]c3cc(NC4CCC4)ccc3c12. The monoisotopic (exact) mass is 506 g/mol. The molecule has 0 bridgehead atoms. The predicted molar refractivity (Wildman–Crippen MR) is 150 cm³/mol. The predicted octanol–water partition coefficient (Wildman–Crippen LogP) is 6.75. The standard InChI is InChI=1S/C31H27FN4O2/c1-17-22(6-3-7-26(17)36-31(38)18-8-10-19(32)11-9-18)23-14-15-25(30(33)37)29-28(23)24-13-12-21(16-27(24)35-29)34-20-4-2-5-20/h3,6-16,20,34-35H,2,4-5H2,1H3,(H2,33,37)(H,36,38). The van der Waals surface area contributed by atoms with Crippen LogP contribution in [0.5, 0.6) is 0 Å². The number of benzene rings is 4. The lowest BCUT2D eigenvalue weighted by Crippen LogP contribution is -2.26. The lowest BCUT2D eigenvalue weighted by atomic mass is 9.92. The van der Waals surface area contributed by atoms with Gasteiger partial charge in [0, 0.05) is 39.3 Å². The first-order chi connectivity index (χ1) is 18.4. The second-order valence-corrected chi connectivity index (χ2v) is 9.87. The van der Waals surface area contributed by atoms with E-state index in [4.69, 9.17) is 5.73 Å². The number of nitrogens with one attached hydrogen (secondary N) is 3. The van der Waals surface area contributed by atoms with Crippen molar-refractivity contribution in [3.05, 3.63) is 95.3 Å². The molecule has 0 saturated heterocycles. The van der Waals surface area contributed by atoms with Crippen LogP contribution < -0.4 is 16.4 Å². The summed E-state index contributed by atoms with van der Waals surface area (Å²) in [5.41, 5.74) is 12.5. The van der Waals surface area contributed by atoms with E-state index >= 15 is 0 Å². The van der Waals surface area contributed by atoms with Gasteiger partial charge in [0.1, 0.15) is 5.82 Å². The molecule has 2 amide bonds. The Morgan fingerprint density at radius 1 is 0.974 bits per heavy atom. The van der Waals surface area contributed by atoms with Crippen molar-refractivity contribution in [3.63, 3.8) is 0 Å². The number of carbonyl (C=O) groups excluding carboxylic acids is 2. The Hall–Kier alpha value is -4.65. The van der Waals surface area contributed by atoms with E-state index in [1.807, 2.05) is 31.2 Å². The summed E-state index contributed by atoms with van der Waals surface area (Å²) in [6.07, 6.45) is 3.60. The Balaban J connectivity index is 1.45. The van der Waals surface area contributed by atoms with Crippen molar-refractivity contribution >= 4 is 45.0 Å². The van der Waals surface area contributed by atoms with Crippen LogP contribution >= 0.6 is 0 Å². The van der Waals surface area contributed by atoms with E-state index in [-0.39, 0.29) is 5.91 Å². The van der Waals surface area contributed by atoms with Crippen molar-refractivity contribution in [1.82, 2.24) is 4.98 Å². The van der Waals surface area contributed by atoms with E-state index in [2.05, 4.69) is 33.8 Å². The number of H-pyrrole nitrogens is 1. The van der Waals surface area contributed by atoms with Gasteiger partial charge in [0.05, 0.1) is 11.1 Å². The van der Waals surface area contributed by atoms with E-state index < -0.39 is 11.7 Å². The number of aromatic amines is 1. The normalized spacial score (nSPS) is 13.4. The molecule has 5 N–H and O–H groups in total. The molecule has 4 aromatic carbocycles. The van der Waals surface area contributed by atoms with E-state index in [0.29, 0.717) is 28.4 Å². The molecule has 0 unspecified atom stereocenters. The molecule has 190 valence electrons. The number of carbonyl (C=O) groups is 2. The lowest BCUT2D eigenvalue weighted by molar-refractivity contribution is 0.0999. The van der Waals surface area contributed by atoms with Gasteiger partial charge in [-0.05, 0) is 91.4 Å². The molecule has 1 aliphatic carbocycles. The number of halogens is 1. The fourth-order valence-electron chi connectivity index (χ4n) is 5.18. The van der Waals surface area contributed by atoms with E-state index in [9.17, 15) is 14.0 Å². The van der Waals surface area contributed by atoms with Gasteiger partial charge in [0.15, 0.2) is 0 Å². The zero-order chi connectivity index (χ0) is 26.4. The van der Waals surface area contributed by atoms with Gasteiger partial charge in [-0.25, -0.2) is 4.39 Å². The second-order valence-electron chi connectivity index (χ2n) is 9.87. The quantitative estimate of drug-likeness (QED) is 0.205. The average Bonchev–Trinajstić information content (AvgIpc) is 3.26. The number of amides is 2. The number of hydrogen-bond acceptors (Lipinski definition) is 3. The van der Waals surface area contributed by atoms with Crippen LogP contribution in [0.2, 0.25) is 0 Å². The largest absolute Gasteiger partial charge is 0.382 e. The van der Waals surface area contributed by atoms with Crippen molar-refractivity contribution in [2.24, 2.45) is 5.73 Å². The molecule has 6 rings (SSSR count). The highest BCUT2D eigenvalue weighted by atomic mass is 19.1. The Kier molecular flexibility index (Phi) is 5.83. The Morgan fingerprint density at radius 3 is 2.47 bits per heavy atom. The molecule has 5 aromatic rings. The topological polar surface area (TPSA) is 100 Å². The molecule has 0 atom stereocenters. The van der Waals surface area contributed by atoms with E-state index in [1.165, 1.54) is 43.5 Å². The Morgan fingerprint density at radius 2 is 1.76 bits per heavy atom. The van der Waals surface area contributed by atoms with Gasteiger partial charge in [-0.3, -0.25) is 9.59 Å². The smallest absolute Gasteiger partial charge is 0.255 e. The zero-order valence-electron chi connectivity index (χ0n) is 20.9. The highest BCUT2D eigenvalue weighted by Gasteiger charge is 2.20. The van der Waals surface area contributed by atoms with Crippen LogP contribution in [0.15, 0.2) is 72.8 Å². The van der Waals surface area contributed by atoms with Crippen LogP contribution in [0, 0.1) is 12.7 Å². The first-order valence-electron chi connectivity index (χ1n) is 12.7. The molecule has 1 aromatic heterocycles. The summed E-state index contributed by atoms with van der Waals surface area (Å²) < 4.78 is 13.3.